The van der Waals surface area contributed by atoms with E-state index in [-0.39, 0.29) is 28.9 Å². The topological polar surface area (TPSA) is 98.3 Å². The lowest BCUT2D eigenvalue weighted by atomic mass is 9.93. The minimum atomic E-state index is -0.572. The maximum Gasteiger partial charge on any atom is 0.292 e. The summed E-state index contributed by atoms with van der Waals surface area (Å²) in [6.07, 6.45) is 3.19. The molecule has 1 aromatic rings. The van der Waals surface area contributed by atoms with E-state index in [9.17, 15) is 14.9 Å². The predicted molar refractivity (Wildman–Crippen MR) is 80.9 cm³/mol. The summed E-state index contributed by atoms with van der Waals surface area (Å²) in [6.45, 7) is 4.31. The van der Waals surface area contributed by atoms with E-state index in [4.69, 9.17) is 5.73 Å². The van der Waals surface area contributed by atoms with Gasteiger partial charge in [0, 0.05) is 17.7 Å². The van der Waals surface area contributed by atoms with Gasteiger partial charge in [-0.05, 0) is 36.8 Å². The molecule has 114 valence electrons. The second-order valence-corrected chi connectivity index (χ2v) is 5.72. The molecule has 2 rings (SSSR count). The van der Waals surface area contributed by atoms with Gasteiger partial charge >= 0.3 is 0 Å². The van der Waals surface area contributed by atoms with Gasteiger partial charge in [0.05, 0.1) is 4.92 Å². The minimum absolute atomic E-state index is 0.0665. The van der Waals surface area contributed by atoms with Crippen LogP contribution in [0, 0.1) is 22.0 Å². The van der Waals surface area contributed by atoms with Crippen LogP contribution in [0.25, 0.3) is 0 Å². The molecule has 1 amide bonds. The third-order valence-electron chi connectivity index (χ3n) is 4.56. The summed E-state index contributed by atoms with van der Waals surface area (Å²) < 4.78 is 0. The van der Waals surface area contributed by atoms with E-state index in [2.05, 4.69) is 19.2 Å². The quantitative estimate of drug-likeness (QED) is 0.506. The van der Waals surface area contributed by atoms with Gasteiger partial charge in [-0.2, -0.15) is 0 Å². The van der Waals surface area contributed by atoms with Gasteiger partial charge in [-0.25, -0.2) is 0 Å². The number of nitro groups is 1. The number of carbonyl (C=O) groups excluding carboxylic acids is 1. The maximum atomic E-state index is 12.3. The number of carbonyl (C=O) groups is 1. The van der Waals surface area contributed by atoms with Crippen LogP contribution in [0.3, 0.4) is 0 Å². The smallest absolute Gasteiger partial charge is 0.292 e. The zero-order valence-electron chi connectivity index (χ0n) is 12.3. The van der Waals surface area contributed by atoms with Crippen LogP contribution < -0.4 is 11.1 Å². The molecule has 0 heterocycles. The number of rotatable bonds is 4. The van der Waals surface area contributed by atoms with Crippen molar-refractivity contribution in [1.82, 2.24) is 5.32 Å². The number of anilines is 1. The number of nitro benzene ring substituents is 1. The first-order valence-corrected chi connectivity index (χ1v) is 7.28. The molecule has 3 atom stereocenters. The molecule has 0 spiro atoms. The van der Waals surface area contributed by atoms with Gasteiger partial charge in [0.1, 0.15) is 5.69 Å². The van der Waals surface area contributed by atoms with Crippen molar-refractivity contribution >= 4 is 17.3 Å². The highest BCUT2D eigenvalue weighted by atomic mass is 16.6. The fourth-order valence-corrected chi connectivity index (χ4v) is 3.12. The van der Waals surface area contributed by atoms with Crippen LogP contribution >= 0.6 is 0 Å². The molecule has 0 saturated heterocycles. The van der Waals surface area contributed by atoms with Crippen molar-refractivity contribution in [2.24, 2.45) is 11.8 Å². The Morgan fingerprint density at radius 3 is 2.76 bits per heavy atom. The Labute approximate surface area is 123 Å². The Kier molecular flexibility index (Phi) is 4.45. The lowest BCUT2D eigenvalue weighted by molar-refractivity contribution is -0.383. The molecule has 1 aliphatic rings. The summed E-state index contributed by atoms with van der Waals surface area (Å²) in [7, 11) is 0. The number of hydrogen-bond donors (Lipinski definition) is 2. The summed E-state index contributed by atoms with van der Waals surface area (Å²) in [5.41, 5.74) is 5.66. The summed E-state index contributed by atoms with van der Waals surface area (Å²) in [5, 5.41) is 13.9. The van der Waals surface area contributed by atoms with E-state index in [0.717, 1.165) is 19.3 Å². The van der Waals surface area contributed by atoms with E-state index < -0.39 is 4.92 Å². The molecule has 0 bridgehead atoms. The molecule has 21 heavy (non-hydrogen) atoms. The molecule has 6 heteroatoms. The Balaban J connectivity index is 2.11. The molecule has 0 radical (unpaired) electrons. The highest BCUT2D eigenvalue weighted by Gasteiger charge is 2.32. The Morgan fingerprint density at radius 2 is 2.19 bits per heavy atom. The standard InChI is InChI=1S/C15H21N3O3/c1-3-10-5-7-13(9(10)2)17-15(19)11-4-6-12(16)14(8-11)18(20)21/h4,6,8-10,13H,3,5,7,16H2,1-2H3,(H,17,19). The van der Waals surface area contributed by atoms with Crippen LogP contribution in [-0.4, -0.2) is 16.9 Å². The van der Waals surface area contributed by atoms with Crippen molar-refractivity contribution in [3.63, 3.8) is 0 Å². The van der Waals surface area contributed by atoms with Gasteiger partial charge in [-0.3, -0.25) is 14.9 Å². The third-order valence-corrected chi connectivity index (χ3v) is 4.56. The van der Waals surface area contributed by atoms with Crippen molar-refractivity contribution in [3.8, 4) is 0 Å². The first kappa shape index (κ1) is 15.3. The van der Waals surface area contributed by atoms with Gasteiger partial charge < -0.3 is 11.1 Å². The van der Waals surface area contributed by atoms with Gasteiger partial charge in [0.25, 0.3) is 11.6 Å². The molecule has 0 aliphatic heterocycles. The molecule has 1 aliphatic carbocycles. The van der Waals surface area contributed by atoms with Crippen molar-refractivity contribution in [3.05, 3.63) is 33.9 Å². The fourth-order valence-electron chi connectivity index (χ4n) is 3.12. The van der Waals surface area contributed by atoms with Crippen LogP contribution in [0.15, 0.2) is 18.2 Å². The van der Waals surface area contributed by atoms with Crippen molar-refractivity contribution in [2.75, 3.05) is 5.73 Å². The zero-order chi connectivity index (χ0) is 15.6. The SMILES string of the molecule is CCC1CCC(NC(=O)c2ccc(N)c([N+](=O)[O-])c2)C1C. The minimum Gasteiger partial charge on any atom is -0.393 e. The van der Waals surface area contributed by atoms with E-state index in [1.807, 2.05) is 0 Å². The Morgan fingerprint density at radius 1 is 1.48 bits per heavy atom. The predicted octanol–water partition coefficient (Wildman–Crippen LogP) is 2.73. The van der Waals surface area contributed by atoms with Gasteiger partial charge in [0.15, 0.2) is 0 Å². The highest BCUT2D eigenvalue weighted by molar-refractivity contribution is 5.95. The first-order chi connectivity index (χ1) is 9.93. The second-order valence-electron chi connectivity index (χ2n) is 5.72. The summed E-state index contributed by atoms with van der Waals surface area (Å²) in [4.78, 5) is 22.5. The zero-order valence-corrected chi connectivity index (χ0v) is 12.3. The molecular formula is C15H21N3O3. The first-order valence-electron chi connectivity index (χ1n) is 7.28. The van der Waals surface area contributed by atoms with Crippen LogP contribution in [0.5, 0.6) is 0 Å². The number of benzene rings is 1. The summed E-state index contributed by atoms with van der Waals surface area (Å²) >= 11 is 0. The molecule has 1 aromatic carbocycles. The maximum absolute atomic E-state index is 12.3. The monoisotopic (exact) mass is 291 g/mol. The Hall–Kier alpha value is -2.11. The van der Waals surface area contributed by atoms with E-state index in [1.54, 1.807) is 0 Å². The number of hydrogen-bond acceptors (Lipinski definition) is 4. The number of nitrogens with zero attached hydrogens (tertiary/aromatic N) is 1. The number of amides is 1. The van der Waals surface area contributed by atoms with Gasteiger partial charge in [-0.1, -0.05) is 20.3 Å². The van der Waals surface area contributed by atoms with Gasteiger partial charge in [-0.15, -0.1) is 0 Å². The van der Waals surface area contributed by atoms with Crippen molar-refractivity contribution in [2.45, 2.75) is 39.2 Å². The van der Waals surface area contributed by atoms with Crippen molar-refractivity contribution in [1.29, 1.82) is 0 Å². The van der Waals surface area contributed by atoms with Crippen LogP contribution in [0.4, 0.5) is 11.4 Å². The molecule has 0 aromatic heterocycles. The molecule has 6 nitrogen and oxygen atoms in total. The average molecular weight is 291 g/mol. The lowest BCUT2D eigenvalue weighted by Gasteiger charge is -2.21. The van der Waals surface area contributed by atoms with E-state index in [0.29, 0.717) is 11.8 Å². The van der Waals surface area contributed by atoms with Crippen LogP contribution in [-0.2, 0) is 0 Å². The van der Waals surface area contributed by atoms with E-state index >= 15 is 0 Å². The molecule has 1 saturated carbocycles. The summed E-state index contributed by atoms with van der Waals surface area (Å²) in [6, 6.07) is 4.30. The normalized spacial score (nSPS) is 24.8. The lowest BCUT2D eigenvalue weighted by Crippen LogP contribution is -2.37. The number of nitrogens with one attached hydrogen (secondary N) is 1. The fraction of sp³-hybridized carbons (Fsp3) is 0.533. The largest absolute Gasteiger partial charge is 0.393 e. The van der Waals surface area contributed by atoms with Crippen molar-refractivity contribution < 1.29 is 9.72 Å². The third kappa shape index (κ3) is 3.15. The van der Waals surface area contributed by atoms with Crippen LogP contribution in [0.1, 0.15) is 43.5 Å². The van der Waals surface area contributed by atoms with Crippen LogP contribution in [0.2, 0.25) is 0 Å². The highest BCUT2D eigenvalue weighted by Crippen LogP contribution is 2.34. The molecular weight excluding hydrogens is 270 g/mol. The Bertz CT molecular complexity index is 559. The average Bonchev–Trinajstić information content (AvgIpc) is 2.79. The molecule has 1 fully saturated rings. The molecule has 3 N–H and O–H groups in total. The second kappa shape index (κ2) is 6.11. The summed E-state index contributed by atoms with van der Waals surface area (Å²) in [5.74, 6) is 0.797. The van der Waals surface area contributed by atoms with Gasteiger partial charge in [0.2, 0.25) is 0 Å². The van der Waals surface area contributed by atoms with E-state index in [1.165, 1.54) is 18.2 Å². The number of nitrogen functional groups attached to an aromatic ring is 1. The molecule has 3 unspecified atom stereocenters. The number of nitrogens with two attached hydrogens (primary N) is 1.